The molecule has 0 saturated carbocycles. The Kier molecular flexibility index (Phi) is 4.68. The van der Waals surface area contributed by atoms with Crippen molar-refractivity contribution >= 4 is 22.6 Å². The molecule has 136 valence electrons. The molecular weight excluding hydrogens is 328 g/mol. The van der Waals surface area contributed by atoms with Crippen LogP contribution < -0.4 is 10.1 Å². The minimum atomic E-state index is -0.229. The molecule has 1 amide bonds. The largest absolute Gasteiger partial charge is 0.484 e. The number of nitrogens with one attached hydrogen (secondary N) is 1. The average Bonchev–Trinajstić information content (AvgIpc) is 2.86. The Balaban J connectivity index is 1.61. The summed E-state index contributed by atoms with van der Waals surface area (Å²) in [5, 5.41) is 8.06. The van der Waals surface area contributed by atoms with E-state index in [9.17, 15) is 4.79 Å². The summed E-state index contributed by atoms with van der Waals surface area (Å²) in [6.07, 6.45) is 1.62. The van der Waals surface area contributed by atoms with Gasteiger partial charge in [-0.05, 0) is 36.1 Å². The number of amides is 1. The number of carbonyl (C=O) groups is 1. The van der Waals surface area contributed by atoms with Gasteiger partial charge in [0.1, 0.15) is 5.75 Å². The van der Waals surface area contributed by atoms with Crippen LogP contribution in [0.25, 0.3) is 11.0 Å². The fourth-order valence-corrected chi connectivity index (χ4v) is 2.77. The smallest absolute Gasteiger partial charge is 0.262 e. The summed E-state index contributed by atoms with van der Waals surface area (Å²) in [6.45, 7) is 8.33. The number of carbonyl (C=O) groups excluding carboxylic acids is 1. The number of benzene rings is 1. The second-order valence-corrected chi connectivity index (χ2v) is 7.42. The van der Waals surface area contributed by atoms with E-state index in [-0.39, 0.29) is 17.9 Å². The minimum Gasteiger partial charge on any atom is -0.484 e. The van der Waals surface area contributed by atoms with E-state index in [2.05, 4.69) is 36.2 Å². The van der Waals surface area contributed by atoms with Gasteiger partial charge in [-0.1, -0.05) is 32.9 Å². The number of hydrogen-bond donors (Lipinski definition) is 1. The van der Waals surface area contributed by atoms with Crippen LogP contribution in [0.4, 0.5) is 5.69 Å². The van der Waals surface area contributed by atoms with Gasteiger partial charge in [0, 0.05) is 12.4 Å². The second kappa shape index (κ2) is 6.78. The highest BCUT2D eigenvalue weighted by molar-refractivity contribution is 5.94. The quantitative estimate of drug-likeness (QED) is 0.779. The molecule has 0 atom stereocenters. The lowest BCUT2D eigenvalue weighted by Crippen LogP contribution is -2.20. The van der Waals surface area contributed by atoms with Crippen molar-refractivity contribution in [2.24, 2.45) is 7.05 Å². The van der Waals surface area contributed by atoms with Crippen LogP contribution >= 0.6 is 0 Å². The van der Waals surface area contributed by atoms with Crippen LogP contribution in [0.3, 0.4) is 0 Å². The molecule has 0 saturated heterocycles. The maximum Gasteiger partial charge on any atom is 0.262 e. The predicted octanol–water partition coefficient (Wildman–Crippen LogP) is 3.59. The third kappa shape index (κ3) is 3.85. The summed E-state index contributed by atoms with van der Waals surface area (Å²) >= 11 is 0. The zero-order valence-corrected chi connectivity index (χ0v) is 15.8. The van der Waals surface area contributed by atoms with E-state index < -0.39 is 0 Å². The minimum absolute atomic E-state index is 0.0566. The van der Waals surface area contributed by atoms with Crippen molar-refractivity contribution in [3.8, 4) is 5.75 Å². The molecule has 3 rings (SSSR count). The topological polar surface area (TPSA) is 69.0 Å². The Morgan fingerprint density at radius 2 is 1.92 bits per heavy atom. The van der Waals surface area contributed by atoms with Crippen LogP contribution in [-0.2, 0) is 17.3 Å². The highest BCUT2D eigenvalue weighted by atomic mass is 16.5. The zero-order valence-electron chi connectivity index (χ0n) is 15.8. The van der Waals surface area contributed by atoms with Gasteiger partial charge in [-0.15, -0.1) is 0 Å². The fourth-order valence-electron chi connectivity index (χ4n) is 2.77. The molecule has 0 spiro atoms. The van der Waals surface area contributed by atoms with Crippen LogP contribution in [0.2, 0.25) is 0 Å². The standard InChI is InChI=1S/C20H24N4O2/c1-13-17-10-15(11-21-19(17)24(5)23-13)22-18(25)12-26-16-8-6-14(7-9-16)20(2,3)4/h6-11H,12H2,1-5H3,(H,22,25). The van der Waals surface area contributed by atoms with E-state index >= 15 is 0 Å². The van der Waals surface area contributed by atoms with E-state index in [1.807, 2.05) is 44.3 Å². The number of aromatic nitrogens is 3. The molecule has 0 radical (unpaired) electrons. The first kappa shape index (κ1) is 17.9. The van der Waals surface area contributed by atoms with E-state index in [1.165, 1.54) is 5.56 Å². The van der Waals surface area contributed by atoms with Crippen molar-refractivity contribution in [3.05, 3.63) is 47.8 Å². The van der Waals surface area contributed by atoms with Crippen LogP contribution in [0.5, 0.6) is 5.75 Å². The molecule has 0 aliphatic heterocycles. The lowest BCUT2D eigenvalue weighted by molar-refractivity contribution is -0.118. The molecule has 1 N–H and O–H groups in total. The number of anilines is 1. The van der Waals surface area contributed by atoms with Crippen molar-refractivity contribution in [2.75, 3.05) is 11.9 Å². The van der Waals surface area contributed by atoms with Gasteiger partial charge in [-0.2, -0.15) is 5.10 Å². The molecule has 0 unspecified atom stereocenters. The van der Waals surface area contributed by atoms with Crippen LogP contribution in [-0.4, -0.2) is 27.3 Å². The van der Waals surface area contributed by atoms with Gasteiger partial charge >= 0.3 is 0 Å². The Bertz CT molecular complexity index is 937. The average molecular weight is 352 g/mol. The number of fused-ring (bicyclic) bond motifs is 1. The SMILES string of the molecule is Cc1nn(C)c2ncc(NC(=O)COc3ccc(C(C)(C)C)cc3)cc12. The lowest BCUT2D eigenvalue weighted by Gasteiger charge is -2.19. The van der Waals surface area contributed by atoms with Gasteiger partial charge < -0.3 is 10.1 Å². The van der Waals surface area contributed by atoms with Gasteiger partial charge in [0.15, 0.2) is 12.3 Å². The first-order chi connectivity index (χ1) is 12.2. The third-order valence-corrected chi connectivity index (χ3v) is 4.24. The summed E-state index contributed by atoms with van der Waals surface area (Å²) in [5.74, 6) is 0.442. The van der Waals surface area contributed by atoms with Crippen molar-refractivity contribution in [3.63, 3.8) is 0 Å². The van der Waals surface area contributed by atoms with Crippen molar-refractivity contribution in [1.82, 2.24) is 14.8 Å². The molecule has 0 fully saturated rings. The van der Waals surface area contributed by atoms with Gasteiger partial charge in [0.2, 0.25) is 0 Å². The molecule has 0 aliphatic rings. The number of hydrogen-bond acceptors (Lipinski definition) is 4. The summed E-state index contributed by atoms with van der Waals surface area (Å²) in [4.78, 5) is 16.5. The normalized spacial score (nSPS) is 11.6. The van der Waals surface area contributed by atoms with E-state index in [1.54, 1.807) is 10.9 Å². The van der Waals surface area contributed by atoms with Crippen molar-refractivity contribution in [2.45, 2.75) is 33.1 Å². The molecule has 0 bridgehead atoms. The summed E-state index contributed by atoms with van der Waals surface area (Å²) < 4.78 is 7.30. The van der Waals surface area contributed by atoms with Gasteiger partial charge in [-0.3, -0.25) is 9.48 Å². The maximum absolute atomic E-state index is 12.2. The second-order valence-electron chi connectivity index (χ2n) is 7.42. The Morgan fingerprint density at radius 3 is 2.58 bits per heavy atom. The van der Waals surface area contributed by atoms with E-state index in [0.717, 1.165) is 16.7 Å². The monoisotopic (exact) mass is 352 g/mol. The molecule has 6 nitrogen and oxygen atoms in total. The molecule has 1 aromatic carbocycles. The molecular formula is C20H24N4O2. The molecule has 26 heavy (non-hydrogen) atoms. The first-order valence-electron chi connectivity index (χ1n) is 8.56. The Labute approximate surface area is 153 Å². The number of nitrogens with zero attached hydrogens (tertiary/aromatic N) is 3. The highest BCUT2D eigenvalue weighted by Gasteiger charge is 2.13. The van der Waals surface area contributed by atoms with E-state index in [4.69, 9.17) is 4.74 Å². The van der Waals surface area contributed by atoms with Gasteiger partial charge in [0.05, 0.1) is 17.6 Å². The summed E-state index contributed by atoms with van der Waals surface area (Å²) in [7, 11) is 1.85. The van der Waals surface area contributed by atoms with Gasteiger partial charge in [0.25, 0.3) is 5.91 Å². The molecule has 6 heteroatoms. The predicted molar refractivity (Wildman–Crippen MR) is 103 cm³/mol. The number of pyridine rings is 1. The van der Waals surface area contributed by atoms with Crippen molar-refractivity contribution in [1.29, 1.82) is 0 Å². The van der Waals surface area contributed by atoms with E-state index in [0.29, 0.717) is 11.4 Å². The third-order valence-electron chi connectivity index (χ3n) is 4.24. The number of aryl methyl sites for hydroxylation is 2. The van der Waals surface area contributed by atoms with Crippen LogP contribution in [0.1, 0.15) is 32.0 Å². The Morgan fingerprint density at radius 1 is 1.23 bits per heavy atom. The van der Waals surface area contributed by atoms with Gasteiger partial charge in [-0.25, -0.2) is 4.98 Å². The molecule has 0 aliphatic carbocycles. The number of ether oxygens (including phenoxy) is 1. The van der Waals surface area contributed by atoms with Crippen LogP contribution in [0.15, 0.2) is 36.5 Å². The molecule has 3 aromatic rings. The Hall–Kier alpha value is -2.89. The zero-order chi connectivity index (χ0) is 18.9. The fraction of sp³-hybridized carbons (Fsp3) is 0.350. The molecule has 2 aromatic heterocycles. The first-order valence-corrected chi connectivity index (χ1v) is 8.56. The van der Waals surface area contributed by atoms with Crippen molar-refractivity contribution < 1.29 is 9.53 Å². The van der Waals surface area contributed by atoms with Crippen LogP contribution in [0, 0.1) is 6.92 Å². The summed E-state index contributed by atoms with van der Waals surface area (Å²) in [6, 6.07) is 9.70. The maximum atomic E-state index is 12.2. The lowest BCUT2D eigenvalue weighted by atomic mass is 9.87. The molecule has 2 heterocycles. The summed E-state index contributed by atoms with van der Waals surface area (Å²) in [5.41, 5.74) is 3.61. The number of rotatable bonds is 4. The highest BCUT2D eigenvalue weighted by Crippen LogP contribution is 2.24.